The van der Waals surface area contributed by atoms with Gasteiger partial charge in [-0.1, -0.05) is 282 Å². The molecule has 5 nitrogen and oxygen atoms in total. The van der Waals surface area contributed by atoms with Gasteiger partial charge in [-0.15, -0.1) is 0 Å². The third-order valence-corrected chi connectivity index (χ3v) is 23.0. The number of fused-ring (bicyclic) bond motifs is 10. The molecule has 0 saturated heterocycles. The van der Waals surface area contributed by atoms with Crippen LogP contribution in [0.15, 0.2) is 218 Å². The zero-order valence-electron chi connectivity index (χ0n) is 63.1. The quantitative estimate of drug-likeness (QED) is 0.0976. The van der Waals surface area contributed by atoms with Crippen LogP contribution in [0, 0.1) is 0 Å². The lowest BCUT2D eigenvalue weighted by Crippen LogP contribution is -2.61. The molecule has 18 rings (SSSR count). The molecule has 0 fully saturated rings. The summed E-state index contributed by atoms with van der Waals surface area (Å²) < 4.78 is 0. The highest BCUT2D eigenvalue weighted by Gasteiger charge is 2.46. The third-order valence-electron chi connectivity index (χ3n) is 23.0. The molecule has 1 aromatic heterocycles. The number of anilines is 6. The van der Waals surface area contributed by atoms with Gasteiger partial charge in [0.05, 0.1) is 0 Å². The molecule has 0 radical (unpaired) electrons. The van der Waals surface area contributed by atoms with Crippen LogP contribution in [0.3, 0.4) is 0 Å². The Bertz CT molecular complexity index is 5780. The lowest BCUT2D eigenvalue weighted by Gasteiger charge is -2.45. The van der Waals surface area contributed by atoms with E-state index in [1.807, 2.05) is 0 Å². The van der Waals surface area contributed by atoms with Crippen molar-refractivity contribution in [2.24, 2.45) is 0 Å². The lowest BCUT2D eigenvalue weighted by atomic mass is 9.33. The average molecular weight is 1340 g/mol. The van der Waals surface area contributed by atoms with Gasteiger partial charge in [0.25, 0.3) is 6.71 Å². The van der Waals surface area contributed by atoms with Gasteiger partial charge in [-0.3, -0.25) is 0 Å². The molecule has 0 N–H and O–H groups in total. The van der Waals surface area contributed by atoms with Gasteiger partial charge in [0.2, 0.25) is 0 Å². The van der Waals surface area contributed by atoms with Gasteiger partial charge >= 0.3 is 0 Å². The maximum absolute atomic E-state index is 5.92. The van der Waals surface area contributed by atoms with E-state index in [0.717, 1.165) is 39.4 Å². The monoisotopic (exact) mass is 1340 g/mol. The van der Waals surface area contributed by atoms with E-state index in [0.29, 0.717) is 17.5 Å². The highest BCUT2D eigenvalue weighted by molar-refractivity contribution is 7.01. The van der Waals surface area contributed by atoms with Crippen LogP contribution in [-0.4, -0.2) is 21.7 Å². The molecule has 0 unspecified atom stereocenters. The summed E-state index contributed by atoms with van der Waals surface area (Å²) in [7, 11) is 0. The van der Waals surface area contributed by atoms with Crippen molar-refractivity contribution in [3.63, 3.8) is 0 Å². The number of rotatable bonds is 5. The van der Waals surface area contributed by atoms with Crippen molar-refractivity contribution in [1.82, 2.24) is 15.0 Å². The first-order chi connectivity index (χ1) is 48.8. The van der Waals surface area contributed by atoms with Gasteiger partial charge in [-0.05, 0) is 218 Å². The highest BCUT2D eigenvalue weighted by atomic mass is 15.2. The average Bonchev–Trinajstić information content (AvgIpc) is 0.674. The molecule has 16 aromatic rings. The van der Waals surface area contributed by atoms with Crippen molar-refractivity contribution >= 4 is 143 Å². The molecule has 0 spiro atoms. The van der Waals surface area contributed by atoms with Gasteiger partial charge in [-0.2, -0.15) is 0 Å². The second kappa shape index (κ2) is 22.1. The minimum absolute atomic E-state index is 0.0842. The van der Waals surface area contributed by atoms with Crippen LogP contribution in [0.1, 0.15) is 158 Å². The van der Waals surface area contributed by atoms with Gasteiger partial charge in [-0.25, -0.2) is 15.0 Å². The Balaban J connectivity index is 1.04. The minimum atomic E-state index is -0.267. The van der Waals surface area contributed by atoms with Crippen molar-refractivity contribution in [3.8, 4) is 34.2 Å². The van der Waals surface area contributed by atoms with Crippen molar-refractivity contribution in [2.75, 3.05) is 9.80 Å². The fourth-order valence-corrected chi connectivity index (χ4v) is 17.3. The summed E-state index contributed by atoms with van der Waals surface area (Å²) in [5, 5.41) is 20.2. The molecule has 2 aliphatic rings. The molecular formula is C97H90BN5. The van der Waals surface area contributed by atoms with E-state index in [4.69, 9.17) is 15.0 Å². The summed E-state index contributed by atoms with van der Waals surface area (Å²) in [6.45, 7) is 41.4. The van der Waals surface area contributed by atoms with Crippen LogP contribution in [0.2, 0.25) is 0 Å². The number of nitrogens with zero attached hydrogens (tertiary/aromatic N) is 5. The molecule has 103 heavy (non-hydrogen) atoms. The van der Waals surface area contributed by atoms with Crippen LogP contribution in [-0.2, 0) is 32.5 Å². The van der Waals surface area contributed by atoms with Crippen LogP contribution < -0.4 is 26.2 Å². The smallest absolute Gasteiger partial charge is 0.252 e. The predicted molar refractivity (Wildman–Crippen MR) is 445 cm³/mol. The molecule has 506 valence electrons. The summed E-state index contributed by atoms with van der Waals surface area (Å²) in [5.74, 6) is 1.90. The minimum Gasteiger partial charge on any atom is -0.311 e. The molecular weight excluding hydrogens is 1250 g/mol. The summed E-state index contributed by atoms with van der Waals surface area (Å²) in [6.07, 6.45) is 0. The zero-order chi connectivity index (χ0) is 71.7. The van der Waals surface area contributed by atoms with E-state index < -0.39 is 0 Å². The maximum Gasteiger partial charge on any atom is 0.252 e. The number of hydrogen-bond donors (Lipinski definition) is 0. The zero-order valence-corrected chi connectivity index (χ0v) is 63.1. The van der Waals surface area contributed by atoms with Crippen LogP contribution in [0.4, 0.5) is 34.1 Å². The Morgan fingerprint density at radius 1 is 0.252 bits per heavy atom. The van der Waals surface area contributed by atoms with E-state index in [9.17, 15) is 0 Å². The first kappa shape index (κ1) is 64.7. The molecule has 0 aliphatic carbocycles. The Kier molecular flexibility index (Phi) is 13.8. The summed E-state index contributed by atoms with van der Waals surface area (Å²) in [5.41, 5.74) is 20.0. The molecule has 0 amide bonds. The largest absolute Gasteiger partial charge is 0.311 e. The SMILES string of the molecule is CC(C)(C)c1ccc(N2c3cc(-c4nc(-c5cc(C(C)(C)C)cc(C(C)(C)C)c5)nc(-c5cc(C(C)(C)C)cc(C(C)(C)C)c5)n4)cc4c3B(c3cc5c6cccc7cccc(c8cccc(c32)c85)c76)c2cc3c5cccc6cccc(c7cccc(c2N4c2ccc(C(C)(C)C)cc2)c73)c65)cc1. The summed E-state index contributed by atoms with van der Waals surface area (Å²) in [6, 6.07) is 85.1. The van der Waals surface area contributed by atoms with E-state index >= 15 is 0 Å². The molecule has 0 bridgehead atoms. The summed E-state index contributed by atoms with van der Waals surface area (Å²) >= 11 is 0. The van der Waals surface area contributed by atoms with E-state index in [-0.39, 0.29) is 39.2 Å². The number of aromatic nitrogens is 3. The van der Waals surface area contributed by atoms with Crippen LogP contribution >= 0.6 is 0 Å². The molecule has 3 heterocycles. The molecule has 2 aliphatic heterocycles. The first-order valence-corrected chi connectivity index (χ1v) is 37.2. The van der Waals surface area contributed by atoms with Crippen LogP contribution in [0.25, 0.3) is 120 Å². The Morgan fingerprint density at radius 3 is 0.835 bits per heavy atom. The topological polar surface area (TPSA) is 45.2 Å². The normalized spacial score (nSPS) is 13.9. The highest BCUT2D eigenvalue weighted by Crippen LogP contribution is 2.54. The van der Waals surface area contributed by atoms with Gasteiger partial charge in [0, 0.05) is 61.6 Å². The van der Waals surface area contributed by atoms with E-state index in [2.05, 4.69) is 353 Å². The van der Waals surface area contributed by atoms with Gasteiger partial charge in [0.1, 0.15) is 0 Å². The molecule has 0 atom stereocenters. The fourth-order valence-electron chi connectivity index (χ4n) is 17.3. The molecule has 6 heteroatoms. The first-order valence-electron chi connectivity index (χ1n) is 37.2. The predicted octanol–water partition coefficient (Wildman–Crippen LogP) is 24.8. The van der Waals surface area contributed by atoms with E-state index in [1.54, 1.807) is 0 Å². The molecule has 0 saturated carbocycles. The lowest BCUT2D eigenvalue weighted by molar-refractivity contribution is 0.568. The third kappa shape index (κ3) is 10.1. The number of hydrogen-bond acceptors (Lipinski definition) is 5. The Hall–Kier alpha value is -10.4. The summed E-state index contributed by atoms with van der Waals surface area (Å²) in [4.78, 5) is 22.8. The van der Waals surface area contributed by atoms with Gasteiger partial charge in [0.15, 0.2) is 17.5 Å². The van der Waals surface area contributed by atoms with Crippen LogP contribution in [0.5, 0.6) is 0 Å². The standard InChI is InChI=1S/C97H90BN5/c1-92(2,3)60-37-41-66(42-38-60)102-80-49-59(91-100-89(57-45-62(94(7,8)9)51-63(46-57)95(10,11)12)99-90(101-91)58-47-64(96(13,14)15)52-65(48-58)97(16,17)18)50-81-86(80)98(78-53-76-72-31-21-27-55-25-19-29-68(82(55)72)70-33-23-35-74(84(70)76)87(78)102)79-54-77-73-32-22-28-56-26-20-30-69(83(56)73)71-34-24-36-75(85(71)77)88(79)103(81)67-43-39-61(40-44-67)93(4,5)6/h19-54H,1-18H3. The Labute approximate surface area is 607 Å². The van der Waals surface area contributed by atoms with Crippen molar-refractivity contribution < 1.29 is 0 Å². The van der Waals surface area contributed by atoms with Crippen molar-refractivity contribution in [3.05, 3.63) is 252 Å². The van der Waals surface area contributed by atoms with Crippen molar-refractivity contribution in [2.45, 2.75) is 157 Å². The second-order valence-electron chi connectivity index (χ2n) is 36.1. The van der Waals surface area contributed by atoms with E-state index in [1.165, 1.54) is 147 Å². The second-order valence-corrected chi connectivity index (χ2v) is 36.1. The molecule has 15 aromatic carbocycles. The maximum atomic E-state index is 5.92. The number of benzene rings is 15. The fraction of sp³-hybridized carbons (Fsp3) is 0.247. The van der Waals surface area contributed by atoms with Crippen molar-refractivity contribution in [1.29, 1.82) is 0 Å². The van der Waals surface area contributed by atoms with Gasteiger partial charge < -0.3 is 9.80 Å². The Morgan fingerprint density at radius 2 is 0.524 bits per heavy atom.